The van der Waals surface area contributed by atoms with Crippen molar-refractivity contribution >= 4 is 34.5 Å². The Labute approximate surface area is 152 Å². The second kappa shape index (κ2) is 7.23. The highest BCUT2D eigenvalue weighted by atomic mass is 127. The zero-order chi connectivity index (χ0) is 17.2. The molecule has 1 aliphatic rings. The first-order valence-corrected chi connectivity index (χ1v) is 9.09. The number of anilines is 1. The lowest BCUT2D eigenvalue weighted by molar-refractivity contribution is 0.0201. The summed E-state index contributed by atoms with van der Waals surface area (Å²) in [5.41, 5.74) is 0.616. The number of piperidine rings is 1. The highest BCUT2D eigenvalue weighted by molar-refractivity contribution is 14.1. The van der Waals surface area contributed by atoms with Crippen LogP contribution in [0.1, 0.15) is 39.3 Å². The van der Waals surface area contributed by atoms with Gasteiger partial charge in [-0.15, -0.1) is 0 Å². The molecule has 1 aliphatic heterocycles. The first-order valence-electron chi connectivity index (χ1n) is 8.01. The molecule has 1 aromatic heterocycles. The van der Waals surface area contributed by atoms with Crippen LogP contribution in [0.5, 0.6) is 0 Å². The predicted octanol–water partition coefficient (Wildman–Crippen LogP) is 3.83. The van der Waals surface area contributed by atoms with Crippen molar-refractivity contribution in [1.29, 1.82) is 0 Å². The molecular weight excluding hydrogens is 405 g/mol. The van der Waals surface area contributed by atoms with Crippen molar-refractivity contribution < 1.29 is 9.53 Å². The van der Waals surface area contributed by atoms with Gasteiger partial charge in [-0.2, -0.15) is 0 Å². The molecule has 2 rings (SSSR count). The van der Waals surface area contributed by atoms with Crippen molar-refractivity contribution in [2.75, 3.05) is 25.0 Å². The molecule has 0 bridgehead atoms. The fraction of sp³-hybridized carbons (Fsp3) is 0.647. The number of ether oxygens (including phenoxy) is 1. The normalized spacial score (nSPS) is 16.3. The average molecular weight is 431 g/mol. The van der Waals surface area contributed by atoms with Crippen molar-refractivity contribution in [2.24, 2.45) is 0 Å². The van der Waals surface area contributed by atoms with Crippen LogP contribution in [0.2, 0.25) is 0 Å². The summed E-state index contributed by atoms with van der Waals surface area (Å²) < 4.78 is 6.64. The first-order chi connectivity index (χ1) is 10.7. The van der Waals surface area contributed by atoms with E-state index >= 15 is 0 Å². The number of amides is 1. The van der Waals surface area contributed by atoms with E-state index in [0.29, 0.717) is 0 Å². The molecule has 0 aromatic carbocycles. The maximum absolute atomic E-state index is 12.2. The molecule has 0 radical (unpaired) electrons. The number of rotatable bonds is 2. The van der Waals surface area contributed by atoms with Gasteiger partial charge in [0.05, 0.1) is 5.69 Å². The number of aryl methyl sites for hydroxylation is 1. The molecule has 0 unspecified atom stereocenters. The van der Waals surface area contributed by atoms with Crippen molar-refractivity contribution in [3.8, 4) is 0 Å². The van der Waals surface area contributed by atoms with Crippen LogP contribution in [0.15, 0.2) is 12.1 Å². The van der Waals surface area contributed by atoms with Crippen LogP contribution in [0, 0.1) is 10.5 Å². The molecule has 1 fully saturated rings. The van der Waals surface area contributed by atoms with Crippen LogP contribution in [-0.2, 0) is 4.74 Å². The molecule has 5 nitrogen and oxygen atoms in total. The summed E-state index contributed by atoms with van der Waals surface area (Å²) in [7, 11) is 1.83. The van der Waals surface area contributed by atoms with Crippen molar-refractivity contribution in [3.05, 3.63) is 21.4 Å². The minimum Gasteiger partial charge on any atom is -0.444 e. The number of carbonyl (C=O) groups is 1. The largest absolute Gasteiger partial charge is 0.444 e. The SMILES string of the molecule is Cc1nc(N2CCC(N(C)C(=O)OC(C)(C)C)CC2)ccc1I. The molecule has 128 valence electrons. The van der Waals surface area contributed by atoms with Crippen LogP contribution < -0.4 is 4.90 Å². The summed E-state index contributed by atoms with van der Waals surface area (Å²) in [5.74, 6) is 1.03. The molecule has 0 spiro atoms. The molecule has 1 saturated heterocycles. The number of nitrogens with zero attached hydrogens (tertiary/aromatic N) is 3. The number of halogens is 1. The topological polar surface area (TPSA) is 45.7 Å². The van der Waals surface area contributed by atoms with Gasteiger partial charge in [-0.3, -0.25) is 0 Å². The minimum atomic E-state index is -0.450. The molecule has 6 heteroatoms. The summed E-state index contributed by atoms with van der Waals surface area (Å²) in [4.78, 5) is 20.9. The van der Waals surface area contributed by atoms with Gasteiger partial charge in [0, 0.05) is 29.7 Å². The molecule has 0 saturated carbocycles. The zero-order valence-electron chi connectivity index (χ0n) is 14.6. The summed E-state index contributed by atoms with van der Waals surface area (Å²) >= 11 is 2.30. The third kappa shape index (κ3) is 4.96. The van der Waals surface area contributed by atoms with Crippen molar-refractivity contribution in [1.82, 2.24) is 9.88 Å². The Morgan fingerprint density at radius 1 is 1.35 bits per heavy atom. The Hall–Kier alpha value is -1.05. The average Bonchev–Trinajstić information content (AvgIpc) is 2.48. The lowest BCUT2D eigenvalue weighted by Gasteiger charge is -2.37. The molecule has 0 aliphatic carbocycles. The van der Waals surface area contributed by atoms with Crippen LogP contribution in [0.25, 0.3) is 0 Å². The smallest absolute Gasteiger partial charge is 0.410 e. The lowest BCUT2D eigenvalue weighted by Crippen LogP contribution is -2.47. The number of hydrogen-bond acceptors (Lipinski definition) is 4. The quantitative estimate of drug-likeness (QED) is 0.668. The van der Waals surface area contributed by atoms with E-state index in [1.165, 1.54) is 3.57 Å². The Kier molecular flexibility index (Phi) is 5.75. The van der Waals surface area contributed by atoms with Crippen LogP contribution >= 0.6 is 22.6 Å². The van der Waals surface area contributed by atoms with Gasteiger partial charge in [0.15, 0.2) is 0 Å². The highest BCUT2D eigenvalue weighted by Gasteiger charge is 2.28. The molecule has 0 atom stereocenters. The maximum Gasteiger partial charge on any atom is 0.410 e. The maximum atomic E-state index is 12.2. The van der Waals surface area contributed by atoms with Gasteiger partial charge in [-0.25, -0.2) is 9.78 Å². The van der Waals surface area contributed by atoms with E-state index in [-0.39, 0.29) is 12.1 Å². The second-order valence-corrected chi connectivity index (χ2v) is 8.21. The highest BCUT2D eigenvalue weighted by Crippen LogP contribution is 2.23. The van der Waals surface area contributed by atoms with Gasteiger partial charge in [0.1, 0.15) is 11.4 Å². The third-order valence-electron chi connectivity index (χ3n) is 4.02. The molecule has 23 heavy (non-hydrogen) atoms. The minimum absolute atomic E-state index is 0.228. The van der Waals surface area contributed by atoms with E-state index in [1.807, 2.05) is 34.7 Å². The van der Waals surface area contributed by atoms with E-state index in [9.17, 15) is 4.79 Å². The second-order valence-electron chi connectivity index (χ2n) is 7.05. The number of carbonyl (C=O) groups excluding carboxylic acids is 1. The molecule has 0 N–H and O–H groups in total. The van der Waals surface area contributed by atoms with Gasteiger partial charge in [0.25, 0.3) is 0 Å². The third-order valence-corrected chi connectivity index (χ3v) is 5.16. The van der Waals surface area contributed by atoms with Gasteiger partial charge < -0.3 is 14.5 Å². The van der Waals surface area contributed by atoms with Gasteiger partial charge >= 0.3 is 6.09 Å². The summed E-state index contributed by atoms with van der Waals surface area (Å²) in [6, 6.07) is 4.41. The van der Waals surface area contributed by atoms with Crippen molar-refractivity contribution in [3.63, 3.8) is 0 Å². The van der Waals surface area contributed by atoms with E-state index in [0.717, 1.165) is 37.4 Å². The predicted molar refractivity (Wildman–Crippen MR) is 101 cm³/mol. The van der Waals surface area contributed by atoms with E-state index < -0.39 is 5.60 Å². The summed E-state index contributed by atoms with van der Waals surface area (Å²) in [5, 5.41) is 0. The molecule has 2 heterocycles. The summed E-state index contributed by atoms with van der Waals surface area (Å²) in [6.07, 6.45) is 1.63. The molecular formula is C17H26IN3O2. The number of aromatic nitrogens is 1. The fourth-order valence-electron chi connectivity index (χ4n) is 2.67. The summed E-state index contributed by atoms with van der Waals surface area (Å²) in [6.45, 7) is 9.54. The molecule has 1 amide bonds. The van der Waals surface area contributed by atoms with Crippen LogP contribution in [0.4, 0.5) is 10.6 Å². The Morgan fingerprint density at radius 3 is 2.48 bits per heavy atom. The Bertz CT molecular complexity index is 563. The van der Waals surface area contributed by atoms with E-state index in [2.05, 4.69) is 44.6 Å². The van der Waals surface area contributed by atoms with Gasteiger partial charge in [-0.05, 0) is 75.3 Å². The zero-order valence-corrected chi connectivity index (χ0v) is 16.8. The fourth-order valence-corrected chi connectivity index (χ4v) is 2.97. The Morgan fingerprint density at radius 2 is 1.96 bits per heavy atom. The van der Waals surface area contributed by atoms with Crippen LogP contribution in [-0.4, -0.2) is 47.8 Å². The first kappa shape index (κ1) is 18.3. The van der Waals surface area contributed by atoms with Gasteiger partial charge in [-0.1, -0.05) is 0 Å². The van der Waals surface area contributed by atoms with E-state index in [4.69, 9.17) is 4.74 Å². The van der Waals surface area contributed by atoms with Crippen LogP contribution in [0.3, 0.4) is 0 Å². The van der Waals surface area contributed by atoms with Gasteiger partial charge in [0.2, 0.25) is 0 Å². The lowest BCUT2D eigenvalue weighted by atomic mass is 10.0. The number of hydrogen-bond donors (Lipinski definition) is 0. The number of pyridine rings is 1. The monoisotopic (exact) mass is 431 g/mol. The molecule has 1 aromatic rings. The Balaban J connectivity index is 1.92. The van der Waals surface area contributed by atoms with Crippen molar-refractivity contribution in [2.45, 2.75) is 52.2 Å². The standard InChI is InChI=1S/C17H26IN3O2/c1-12-14(18)6-7-15(19-12)21-10-8-13(9-11-21)20(5)16(22)23-17(2,3)4/h6-7,13H,8-11H2,1-5H3. The van der Waals surface area contributed by atoms with E-state index in [1.54, 1.807) is 4.90 Å².